The number of aliphatic hydroxyl groups is 1. The van der Waals surface area contributed by atoms with Crippen molar-refractivity contribution in [2.75, 3.05) is 40.3 Å². The van der Waals surface area contributed by atoms with Crippen LogP contribution in [0.2, 0.25) is 0 Å². The van der Waals surface area contributed by atoms with E-state index in [1.807, 2.05) is 0 Å². The van der Waals surface area contributed by atoms with E-state index in [1.54, 1.807) is 0 Å². The molecule has 20 heavy (non-hydrogen) atoms. The van der Waals surface area contributed by atoms with Crippen LogP contribution in [0.5, 0.6) is 0 Å². The van der Waals surface area contributed by atoms with Gasteiger partial charge < -0.3 is 14.9 Å². The summed E-state index contributed by atoms with van der Waals surface area (Å²) in [7, 11) is 4.20. The van der Waals surface area contributed by atoms with Crippen LogP contribution in [0.3, 0.4) is 0 Å². The zero-order valence-electron chi connectivity index (χ0n) is 13.7. The lowest BCUT2D eigenvalue weighted by molar-refractivity contribution is 0.113. The van der Waals surface area contributed by atoms with Crippen molar-refractivity contribution in [2.24, 2.45) is 0 Å². The van der Waals surface area contributed by atoms with Crippen molar-refractivity contribution in [3.05, 3.63) is 34.9 Å². The van der Waals surface area contributed by atoms with Gasteiger partial charge in [-0.3, -0.25) is 0 Å². The molecule has 0 aliphatic rings. The number of likely N-dealkylation sites (N-methyl/N-ethyl adjacent to an activating group) is 1. The smallest absolute Gasteiger partial charge is 0.0919 e. The number of hydrogen-bond donors (Lipinski definition) is 1. The first-order chi connectivity index (χ1) is 9.43. The number of aliphatic hydroxyl groups excluding tert-OH is 1. The van der Waals surface area contributed by atoms with Crippen LogP contribution in [0.4, 0.5) is 0 Å². The first-order valence-electron chi connectivity index (χ1n) is 7.56. The first-order valence-corrected chi connectivity index (χ1v) is 7.56. The maximum Gasteiger partial charge on any atom is 0.0919 e. The molecule has 0 bridgehead atoms. The Morgan fingerprint density at radius 3 is 2.45 bits per heavy atom. The van der Waals surface area contributed by atoms with E-state index in [0.29, 0.717) is 6.54 Å². The van der Waals surface area contributed by atoms with Crippen molar-refractivity contribution in [1.82, 2.24) is 9.80 Å². The van der Waals surface area contributed by atoms with E-state index >= 15 is 0 Å². The molecule has 1 atom stereocenters. The average molecular weight is 278 g/mol. The molecule has 0 aliphatic carbocycles. The van der Waals surface area contributed by atoms with Crippen LogP contribution in [-0.4, -0.2) is 55.2 Å². The Bertz CT molecular complexity index is 404. The molecular formula is C17H30N2O. The molecule has 1 unspecified atom stereocenters. The Morgan fingerprint density at radius 1 is 1.15 bits per heavy atom. The van der Waals surface area contributed by atoms with Crippen LogP contribution < -0.4 is 0 Å². The van der Waals surface area contributed by atoms with Crippen molar-refractivity contribution >= 4 is 0 Å². The third kappa shape index (κ3) is 5.61. The van der Waals surface area contributed by atoms with Crippen LogP contribution in [-0.2, 0) is 0 Å². The predicted octanol–water partition coefficient (Wildman–Crippen LogP) is 2.61. The molecule has 3 heteroatoms. The highest BCUT2D eigenvalue weighted by atomic mass is 16.3. The van der Waals surface area contributed by atoms with Gasteiger partial charge in [-0.1, -0.05) is 30.7 Å². The third-order valence-electron chi connectivity index (χ3n) is 3.75. The molecule has 1 aromatic rings. The highest BCUT2D eigenvalue weighted by Crippen LogP contribution is 2.20. The Labute approximate surface area is 124 Å². The molecule has 0 heterocycles. The normalized spacial score (nSPS) is 13.2. The minimum atomic E-state index is -0.394. The second-order valence-corrected chi connectivity index (χ2v) is 5.93. The highest BCUT2D eigenvalue weighted by molar-refractivity contribution is 5.32. The maximum atomic E-state index is 10.5. The monoisotopic (exact) mass is 278 g/mol. The quantitative estimate of drug-likeness (QED) is 0.792. The largest absolute Gasteiger partial charge is 0.387 e. The van der Waals surface area contributed by atoms with Crippen LogP contribution in [0.25, 0.3) is 0 Å². The maximum absolute atomic E-state index is 10.5. The lowest BCUT2D eigenvalue weighted by atomic mass is 10.0. The Morgan fingerprint density at radius 2 is 1.85 bits per heavy atom. The summed E-state index contributed by atoms with van der Waals surface area (Å²) in [4.78, 5) is 4.53. The summed E-state index contributed by atoms with van der Waals surface area (Å²) < 4.78 is 0. The summed E-state index contributed by atoms with van der Waals surface area (Å²) in [6.45, 7) is 10.1. The van der Waals surface area contributed by atoms with Crippen molar-refractivity contribution < 1.29 is 5.11 Å². The van der Waals surface area contributed by atoms with Crippen LogP contribution in [0.15, 0.2) is 18.2 Å². The van der Waals surface area contributed by atoms with E-state index in [0.717, 1.165) is 31.6 Å². The number of hydrogen-bond acceptors (Lipinski definition) is 3. The zero-order valence-corrected chi connectivity index (χ0v) is 13.7. The number of rotatable bonds is 8. The van der Waals surface area contributed by atoms with E-state index in [-0.39, 0.29) is 0 Å². The molecule has 0 radical (unpaired) electrons. The van der Waals surface area contributed by atoms with E-state index in [2.05, 4.69) is 62.9 Å². The minimum Gasteiger partial charge on any atom is -0.387 e. The van der Waals surface area contributed by atoms with Gasteiger partial charge in [0.2, 0.25) is 0 Å². The zero-order chi connectivity index (χ0) is 15.1. The average Bonchev–Trinajstić information content (AvgIpc) is 2.39. The summed E-state index contributed by atoms with van der Waals surface area (Å²) in [6.07, 6.45) is 0.745. The second kappa shape index (κ2) is 8.40. The van der Waals surface area contributed by atoms with Gasteiger partial charge in [-0.15, -0.1) is 0 Å². The van der Waals surface area contributed by atoms with Gasteiger partial charge in [0.15, 0.2) is 0 Å². The highest BCUT2D eigenvalue weighted by Gasteiger charge is 2.14. The van der Waals surface area contributed by atoms with Crippen LogP contribution in [0.1, 0.15) is 36.1 Å². The summed E-state index contributed by atoms with van der Waals surface area (Å²) in [5.74, 6) is 0. The fraction of sp³-hybridized carbons (Fsp3) is 0.647. The molecule has 0 saturated carbocycles. The van der Waals surface area contributed by atoms with Crippen LogP contribution >= 0.6 is 0 Å². The number of aryl methyl sites for hydroxylation is 2. The first kappa shape index (κ1) is 17.2. The fourth-order valence-electron chi connectivity index (χ4n) is 2.45. The van der Waals surface area contributed by atoms with E-state index in [1.165, 1.54) is 11.1 Å². The van der Waals surface area contributed by atoms with Gasteiger partial charge in [-0.2, -0.15) is 0 Å². The van der Waals surface area contributed by atoms with Crippen molar-refractivity contribution in [1.29, 1.82) is 0 Å². The second-order valence-electron chi connectivity index (χ2n) is 5.93. The molecule has 0 amide bonds. The molecule has 0 spiro atoms. The van der Waals surface area contributed by atoms with Gasteiger partial charge in [-0.05, 0) is 65.1 Å². The minimum absolute atomic E-state index is 0.394. The van der Waals surface area contributed by atoms with Crippen molar-refractivity contribution in [3.8, 4) is 0 Å². The van der Waals surface area contributed by atoms with E-state index in [4.69, 9.17) is 0 Å². The molecule has 0 aromatic heterocycles. The van der Waals surface area contributed by atoms with Crippen molar-refractivity contribution in [3.63, 3.8) is 0 Å². The summed E-state index contributed by atoms with van der Waals surface area (Å²) in [5.41, 5.74) is 3.45. The Balaban J connectivity index is 2.57. The van der Waals surface area contributed by atoms with Gasteiger partial charge in [0, 0.05) is 6.54 Å². The van der Waals surface area contributed by atoms with E-state index < -0.39 is 6.10 Å². The topological polar surface area (TPSA) is 26.7 Å². The molecule has 0 aliphatic heterocycles. The van der Waals surface area contributed by atoms with Gasteiger partial charge in [0.25, 0.3) is 0 Å². The fourth-order valence-corrected chi connectivity index (χ4v) is 2.45. The molecule has 3 nitrogen and oxygen atoms in total. The van der Waals surface area contributed by atoms with Crippen LogP contribution in [0, 0.1) is 13.8 Å². The lowest BCUT2D eigenvalue weighted by Gasteiger charge is -2.25. The SMILES string of the molecule is CCN(CCCN(C)C)CC(O)c1cc(C)ccc1C. The Hall–Kier alpha value is -0.900. The third-order valence-corrected chi connectivity index (χ3v) is 3.75. The van der Waals surface area contributed by atoms with Gasteiger partial charge >= 0.3 is 0 Å². The number of benzene rings is 1. The lowest BCUT2D eigenvalue weighted by Crippen LogP contribution is -2.31. The van der Waals surface area contributed by atoms with Gasteiger partial charge in [0.05, 0.1) is 6.10 Å². The summed E-state index contributed by atoms with van der Waals surface area (Å²) in [6, 6.07) is 6.30. The number of nitrogens with zero attached hydrogens (tertiary/aromatic N) is 2. The van der Waals surface area contributed by atoms with Gasteiger partial charge in [-0.25, -0.2) is 0 Å². The molecule has 1 aromatic carbocycles. The van der Waals surface area contributed by atoms with E-state index in [9.17, 15) is 5.11 Å². The molecule has 0 fully saturated rings. The molecule has 1 N–H and O–H groups in total. The molecule has 0 saturated heterocycles. The molecular weight excluding hydrogens is 248 g/mol. The van der Waals surface area contributed by atoms with Crippen molar-refractivity contribution in [2.45, 2.75) is 33.3 Å². The van der Waals surface area contributed by atoms with Gasteiger partial charge in [0.1, 0.15) is 0 Å². The standard InChI is InChI=1S/C17H30N2O/c1-6-19(11-7-10-18(4)5)13-17(20)16-12-14(2)8-9-15(16)3/h8-9,12,17,20H,6-7,10-11,13H2,1-5H3. The molecule has 1 rings (SSSR count). The Kier molecular flexibility index (Phi) is 7.20. The predicted molar refractivity (Wildman–Crippen MR) is 86.2 cm³/mol. The summed E-state index contributed by atoms with van der Waals surface area (Å²) >= 11 is 0. The molecule has 114 valence electrons. The summed E-state index contributed by atoms with van der Waals surface area (Å²) in [5, 5.41) is 10.5.